The van der Waals surface area contributed by atoms with Crippen LogP contribution >= 0.6 is 0 Å². The van der Waals surface area contributed by atoms with Crippen LogP contribution in [-0.2, 0) is 11.3 Å². The first-order valence-electron chi connectivity index (χ1n) is 8.46. The molecule has 0 bridgehead atoms. The molecule has 28 heavy (non-hydrogen) atoms. The van der Waals surface area contributed by atoms with Gasteiger partial charge in [-0.25, -0.2) is 0 Å². The van der Waals surface area contributed by atoms with Crippen molar-refractivity contribution in [3.05, 3.63) is 53.6 Å². The molecule has 0 fully saturated rings. The van der Waals surface area contributed by atoms with Crippen LogP contribution in [0, 0.1) is 11.3 Å². The third-order valence-corrected chi connectivity index (χ3v) is 3.85. The molecule has 7 heteroatoms. The first-order chi connectivity index (χ1) is 13.6. The van der Waals surface area contributed by atoms with E-state index in [1.54, 1.807) is 50.6 Å². The Labute approximate surface area is 164 Å². The van der Waals surface area contributed by atoms with Gasteiger partial charge in [0.2, 0.25) is 5.91 Å². The van der Waals surface area contributed by atoms with Gasteiger partial charge in [-0.3, -0.25) is 4.79 Å². The van der Waals surface area contributed by atoms with E-state index in [1.807, 2.05) is 12.1 Å². The number of benzene rings is 2. The van der Waals surface area contributed by atoms with Crippen molar-refractivity contribution in [1.82, 2.24) is 5.32 Å². The minimum atomic E-state index is -0.256. The van der Waals surface area contributed by atoms with Gasteiger partial charge in [0.15, 0.2) is 18.1 Å². The minimum absolute atomic E-state index is 0.0678. The van der Waals surface area contributed by atoms with Crippen molar-refractivity contribution in [2.45, 2.75) is 6.54 Å². The zero-order valence-electron chi connectivity index (χ0n) is 16.0. The Hall–Kier alpha value is -3.66. The number of rotatable bonds is 9. The molecule has 0 radical (unpaired) electrons. The fraction of sp³-hybridized carbons (Fsp3) is 0.238. The third kappa shape index (κ3) is 5.68. The molecule has 146 valence electrons. The molecule has 7 nitrogen and oxygen atoms in total. The maximum atomic E-state index is 12.1. The lowest BCUT2D eigenvalue weighted by Crippen LogP contribution is -2.20. The second kappa shape index (κ2) is 10.5. The van der Waals surface area contributed by atoms with Crippen LogP contribution < -0.4 is 24.3 Å². The highest BCUT2D eigenvalue weighted by Gasteiger charge is 2.07. The number of nitriles is 1. The zero-order chi connectivity index (χ0) is 20.4. The van der Waals surface area contributed by atoms with E-state index in [2.05, 4.69) is 5.32 Å². The summed E-state index contributed by atoms with van der Waals surface area (Å²) < 4.78 is 21.0. The Bertz CT molecular complexity index is 887. The summed E-state index contributed by atoms with van der Waals surface area (Å²) in [6, 6.07) is 12.5. The maximum Gasteiger partial charge on any atom is 0.244 e. The van der Waals surface area contributed by atoms with Crippen LogP contribution in [0.1, 0.15) is 11.1 Å². The normalized spacial score (nSPS) is 10.2. The van der Waals surface area contributed by atoms with E-state index in [0.717, 1.165) is 11.1 Å². The van der Waals surface area contributed by atoms with Crippen LogP contribution in [-0.4, -0.2) is 33.8 Å². The van der Waals surface area contributed by atoms with E-state index in [-0.39, 0.29) is 12.5 Å². The fourth-order valence-electron chi connectivity index (χ4n) is 2.45. The molecule has 0 aliphatic heterocycles. The number of nitrogens with one attached hydrogen (secondary N) is 1. The molecule has 0 saturated heterocycles. The molecule has 0 aromatic heterocycles. The summed E-state index contributed by atoms with van der Waals surface area (Å²) in [6.07, 6.45) is 3.09. The molecule has 1 N–H and O–H groups in total. The van der Waals surface area contributed by atoms with Gasteiger partial charge in [0.1, 0.15) is 17.6 Å². The summed E-state index contributed by atoms with van der Waals surface area (Å²) in [7, 11) is 4.67. The van der Waals surface area contributed by atoms with Gasteiger partial charge in [0, 0.05) is 18.2 Å². The molecule has 2 aromatic rings. The number of amides is 1. The topological polar surface area (TPSA) is 89.8 Å². The molecule has 0 saturated carbocycles. The average Bonchev–Trinajstić information content (AvgIpc) is 2.74. The zero-order valence-corrected chi connectivity index (χ0v) is 16.0. The van der Waals surface area contributed by atoms with Crippen LogP contribution in [0.15, 0.2) is 42.5 Å². The van der Waals surface area contributed by atoms with Gasteiger partial charge in [0.25, 0.3) is 0 Å². The quantitative estimate of drug-likeness (QED) is 0.671. The van der Waals surface area contributed by atoms with Crippen molar-refractivity contribution in [2.24, 2.45) is 0 Å². The van der Waals surface area contributed by atoms with Gasteiger partial charge in [-0.2, -0.15) is 5.26 Å². The summed E-state index contributed by atoms with van der Waals surface area (Å²) >= 11 is 0. The maximum absolute atomic E-state index is 12.1. The standard InChI is InChI=1S/C21H22N2O5/c1-25-17-6-8-18(26-2)16(13-17)14-23-21(24)9-5-15-4-7-19(28-11-10-22)20(12-15)27-3/h4-9,12-13H,11,14H2,1-3H3,(H,23,24)/b9-5+. The highest BCUT2D eigenvalue weighted by Crippen LogP contribution is 2.28. The van der Waals surface area contributed by atoms with Gasteiger partial charge in [0.05, 0.1) is 21.3 Å². The van der Waals surface area contributed by atoms with Crippen LogP contribution in [0.5, 0.6) is 23.0 Å². The first-order valence-corrected chi connectivity index (χ1v) is 8.46. The Morgan fingerprint density at radius 1 is 1.04 bits per heavy atom. The van der Waals surface area contributed by atoms with Crippen LogP contribution in [0.4, 0.5) is 0 Å². The number of ether oxygens (including phenoxy) is 4. The number of hydrogen-bond acceptors (Lipinski definition) is 6. The number of carbonyl (C=O) groups excluding carboxylic acids is 1. The number of nitrogens with zero attached hydrogens (tertiary/aromatic N) is 1. The number of carbonyl (C=O) groups is 1. The van der Waals surface area contributed by atoms with Crippen molar-refractivity contribution < 1.29 is 23.7 Å². The van der Waals surface area contributed by atoms with Crippen molar-refractivity contribution in [1.29, 1.82) is 5.26 Å². The van der Waals surface area contributed by atoms with Crippen molar-refractivity contribution in [2.75, 3.05) is 27.9 Å². The van der Waals surface area contributed by atoms with Crippen LogP contribution in [0.3, 0.4) is 0 Å². The summed E-state index contributed by atoms with van der Waals surface area (Å²) in [5, 5.41) is 11.4. The number of methoxy groups -OCH3 is 3. The Morgan fingerprint density at radius 2 is 1.79 bits per heavy atom. The molecule has 2 rings (SSSR count). The Morgan fingerprint density at radius 3 is 2.46 bits per heavy atom. The van der Waals surface area contributed by atoms with Gasteiger partial charge in [-0.05, 0) is 42.0 Å². The summed E-state index contributed by atoms with van der Waals surface area (Å²) in [6.45, 7) is 0.232. The molecule has 0 spiro atoms. The minimum Gasteiger partial charge on any atom is -0.497 e. The predicted octanol–water partition coefficient (Wildman–Crippen LogP) is 2.94. The lowest BCUT2D eigenvalue weighted by molar-refractivity contribution is -0.116. The summed E-state index contributed by atoms with van der Waals surface area (Å²) in [4.78, 5) is 12.1. The summed E-state index contributed by atoms with van der Waals surface area (Å²) in [5.41, 5.74) is 1.57. The van der Waals surface area contributed by atoms with Gasteiger partial charge in [-0.15, -0.1) is 0 Å². The van der Waals surface area contributed by atoms with Crippen molar-refractivity contribution in [3.63, 3.8) is 0 Å². The summed E-state index contributed by atoms with van der Waals surface area (Å²) in [5.74, 6) is 2.05. The second-order valence-electron chi connectivity index (χ2n) is 5.59. The SMILES string of the molecule is COc1ccc(OC)c(CNC(=O)/C=C/c2ccc(OCC#N)c(OC)c2)c1. The molecule has 0 heterocycles. The van der Waals surface area contributed by atoms with Gasteiger partial charge < -0.3 is 24.3 Å². The molecule has 0 aliphatic carbocycles. The van der Waals surface area contributed by atoms with Gasteiger partial charge in [-0.1, -0.05) is 6.07 Å². The largest absolute Gasteiger partial charge is 0.497 e. The highest BCUT2D eigenvalue weighted by atomic mass is 16.5. The first kappa shape index (κ1) is 20.6. The van der Waals surface area contributed by atoms with Crippen molar-refractivity contribution in [3.8, 4) is 29.1 Å². The molecular weight excluding hydrogens is 360 g/mol. The number of hydrogen-bond donors (Lipinski definition) is 1. The molecule has 1 amide bonds. The molecule has 0 atom stereocenters. The lowest BCUT2D eigenvalue weighted by Gasteiger charge is -2.11. The third-order valence-electron chi connectivity index (χ3n) is 3.85. The predicted molar refractivity (Wildman–Crippen MR) is 105 cm³/mol. The van der Waals surface area contributed by atoms with E-state index in [1.165, 1.54) is 13.2 Å². The van der Waals surface area contributed by atoms with Crippen LogP contribution in [0.25, 0.3) is 6.08 Å². The van der Waals surface area contributed by atoms with Crippen molar-refractivity contribution >= 4 is 12.0 Å². The molecule has 2 aromatic carbocycles. The Kier molecular flexibility index (Phi) is 7.73. The van der Waals surface area contributed by atoms with E-state index in [4.69, 9.17) is 24.2 Å². The monoisotopic (exact) mass is 382 g/mol. The second-order valence-corrected chi connectivity index (χ2v) is 5.59. The molecule has 0 unspecified atom stereocenters. The fourth-order valence-corrected chi connectivity index (χ4v) is 2.45. The average molecular weight is 382 g/mol. The van der Waals surface area contributed by atoms with Crippen LogP contribution in [0.2, 0.25) is 0 Å². The smallest absolute Gasteiger partial charge is 0.244 e. The van der Waals surface area contributed by atoms with E-state index < -0.39 is 0 Å². The van der Waals surface area contributed by atoms with Gasteiger partial charge >= 0.3 is 0 Å². The van der Waals surface area contributed by atoms with E-state index >= 15 is 0 Å². The highest BCUT2D eigenvalue weighted by molar-refractivity contribution is 5.91. The van der Waals surface area contributed by atoms with E-state index in [0.29, 0.717) is 29.5 Å². The Balaban J connectivity index is 2.01. The molecular formula is C21H22N2O5. The lowest BCUT2D eigenvalue weighted by atomic mass is 10.1. The van der Waals surface area contributed by atoms with E-state index in [9.17, 15) is 4.79 Å². The molecule has 0 aliphatic rings.